The third-order valence-corrected chi connectivity index (χ3v) is 4.99. The van der Waals surface area contributed by atoms with Gasteiger partial charge in [0, 0.05) is 15.0 Å². The van der Waals surface area contributed by atoms with Crippen LogP contribution < -0.4 is 4.74 Å². The highest BCUT2D eigenvalue weighted by Gasteiger charge is 2.14. The van der Waals surface area contributed by atoms with Gasteiger partial charge in [-0.3, -0.25) is 0 Å². The number of aryl methyl sites for hydroxylation is 1. The number of aliphatic hydroxyl groups excluding tert-OH is 1. The van der Waals surface area contributed by atoms with E-state index in [4.69, 9.17) is 16.3 Å². The van der Waals surface area contributed by atoms with Crippen LogP contribution in [0.1, 0.15) is 29.2 Å². The molecule has 1 aliphatic heterocycles. The average Bonchev–Trinajstić information content (AvgIpc) is 2.94. The summed E-state index contributed by atoms with van der Waals surface area (Å²) in [6.45, 7) is 0.780. The molecule has 0 spiro atoms. The molecule has 0 aliphatic carbocycles. The number of rotatable bonds is 4. The molecule has 0 radical (unpaired) electrons. The van der Waals surface area contributed by atoms with E-state index in [1.165, 1.54) is 11.1 Å². The molecule has 0 bridgehead atoms. The lowest BCUT2D eigenvalue weighted by Crippen LogP contribution is -2.02. The van der Waals surface area contributed by atoms with Gasteiger partial charge in [-0.15, -0.1) is 0 Å². The van der Waals surface area contributed by atoms with Crippen molar-refractivity contribution in [2.45, 2.75) is 25.4 Å². The monoisotopic (exact) mass is 414 g/mol. The molecule has 0 saturated heterocycles. The van der Waals surface area contributed by atoms with E-state index >= 15 is 0 Å². The summed E-state index contributed by atoms with van der Waals surface area (Å²) in [5, 5.41) is 11.1. The Hall–Kier alpha value is -0.780. The van der Waals surface area contributed by atoms with Crippen molar-refractivity contribution in [3.63, 3.8) is 0 Å². The first kappa shape index (κ1) is 15.1. The van der Waals surface area contributed by atoms with Crippen LogP contribution in [-0.4, -0.2) is 11.7 Å². The van der Waals surface area contributed by atoms with Gasteiger partial charge in [0.25, 0.3) is 0 Å². The molecule has 0 amide bonds. The van der Waals surface area contributed by atoms with Gasteiger partial charge < -0.3 is 9.84 Å². The second-order valence-corrected chi connectivity index (χ2v) is 6.86. The minimum atomic E-state index is -0.486. The van der Waals surface area contributed by atoms with Crippen molar-refractivity contribution in [3.8, 4) is 5.75 Å². The fourth-order valence-corrected chi connectivity index (χ4v) is 3.50. The second-order valence-electron chi connectivity index (χ2n) is 5.26. The van der Waals surface area contributed by atoms with Gasteiger partial charge in [0.15, 0.2) is 0 Å². The smallest absolute Gasteiger partial charge is 0.122 e. The highest BCUT2D eigenvalue weighted by molar-refractivity contribution is 14.1. The molecule has 2 aromatic rings. The second kappa shape index (κ2) is 6.55. The minimum Gasteiger partial charge on any atom is -0.493 e. The summed E-state index contributed by atoms with van der Waals surface area (Å²) in [4.78, 5) is 0. The normalized spacial score (nSPS) is 14.6. The quantitative estimate of drug-likeness (QED) is 0.744. The Morgan fingerprint density at radius 2 is 2.10 bits per heavy atom. The van der Waals surface area contributed by atoms with Crippen LogP contribution in [0.2, 0.25) is 5.02 Å². The first-order chi connectivity index (χ1) is 10.1. The molecule has 1 N–H and O–H groups in total. The minimum absolute atomic E-state index is 0.486. The van der Waals surface area contributed by atoms with E-state index in [1.807, 2.05) is 24.3 Å². The zero-order valence-electron chi connectivity index (χ0n) is 11.5. The van der Waals surface area contributed by atoms with E-state index in [-0.39, 0.29) is 0 Å². The average molecular weight is 415 g/mol. The highest BCUT2D eigenvalue weighted by atomic mass is 127. The van der Waals surface area contributed by atoms with Crippen LogP contribution in [0.5, 0.6) is 5.75 Å². The first-order valence-electron chi connectivity index (χ1n) is 7.01. The Balaban J connectivity index is 1.68. The zero-order valence-corrected chi connectivity index (χ0v) is 14.4. The van der Waals surface area contributed by atoms with Gasteiger partial charge >= 0.3 is 0 Å². The molecule has 1 heterocycles. The van der Waals surface area contributed by atoms with Crippen LogP contribution in [0.25, 0.3) is 0 Å². The molecular weight excluding hydrogens is 399 g/mol. The van der Waals surface area contributed by atoms with Crippen molar-refractivity contribution in [2.24, 2.45) is 0 Å². The molecule has 0 aromatic heterocycles. The van der Waals surface area contributed by atoms with E-state index in [0.29, 0.717) is 11.4 Å². The lowest BCUT2D eigenvalue weighted by molar-refractivity contribution is 0.167. The first-order valence-corrected chi connectivity index (χ1v) is 8.47. The maximum absolute atomic E-state index is 10.4. The largest absolute Gasteiger partial charge is 0.493 e. The summed E-state index contributed by atoms with van der Waals surface area (Å²) < 4.78 is 6.56. The third-order valence-electron chi connectivity index (χ3n) is 3.78. The Morgan fingerprint density at radius 1 is 1.24 bits per heavy atom. The third kappa shape index (κ3) is 3.52. The summed E-state index contributed by atoms with van der Waals surface area (Å²) in [5.74, 6) is 1.00. The van der Waals surface area contributed by atoms with Gasteiger partial charge in [0.2, 0.25) is 0 Å². The van der Waals surface area contributed by atoms with Gasteiger partial charge in [-0.1, -0.05) is 23.7 Å². The van der Waals surface area contributed by atoms with Gasteiger partial charge in [-0.25, -0.2) is 0 Å². The van der Waals surface area contributed by atoms with Gasteiger partial charge in [-0.2, -0.15) is 0 Å². The molecule has 0 saturated carbocycles. The maximum atomic E-state index is 10.4. The number of fused-ring (bicyclic) bond motifs is 1. The fourth-order valence-electron chi connectivity index (χ4n) is 2.62. The van der Waals surface area contributed by atoms with E-state index in [9.17, 15) is 5.11 Å². The van der Waals surface area contributed by atoms with Gasteiger partial charge in [-0.05, 0) is 76.4 Å². The summed E-state index contributed by atoms with van der Waals surface area (Å²) in [6, 6.07) is 11.9. The number of hydrogen-bond acceptors (Lipinski definition) is 2. The SMILES string of the molecule is OC(CCc1ccc2c(c1)CCO2)c1cc(Cl)ccc1I. The molecule has 1 atom stereocenters. The highest BCUT2D eigenvalue weighted by Crippen LogP contribution is 2.29. The van der Waals surface area contributed by atoms with Crippen LogP contribution >= 0.6 is 34.2 Å². The molecule has 2 aromatic carbocycles. The van der Waals surface area contributed by atoms with Crippen molar-refractivity contribution < 1.29 is 9.84 Å². The summed E-state index contributed by atoms with van der Waals surface area (Å²) >= 11 is 8.25. The predicted molar refractivity (Wildman–Crippen MR) is 93.1 cm³/mol. The number of hydrogen-bond donors (Lipinski definition) is 1. The molecule has 1 aliphatic rings. The molecule has 21 heavy (non-hydrogen) atoms. The number of benzene rings is 2. The Bertz CT molecular complexity index is 657. The lowest BCUT2D eigenvalue weighted by Gasteiger charge is -2.13. The maximum Gasteiger partial charge on any atom is 0.122 e. The van der Waals surface area contributed by atoms with E-state index in [0.717, 1.165) is 34.3 Å². The molecule has 4 heteroatoms. The standard InChI is InChI=1S/C17H16ClIO2/c18-13-3-4-15(19)14(10-13)16(20)5-1-11-2-6-17-12(9-11)7-8-21-17/h2-4,6,9-10,16,20H,1,5,7-8H2. The van der Waals surface area contributed by atoms with Crippen molar-refractivity contribution in [1.82, 2.24) is 0 Å². The molecular formula is C17H16ClIO2. The Labute approximate surface area is 143 Å². The van der Waals surface area contributed by atoms with Crippen LogP contribution in [0.3, 0.4) is 0 Å². The summed E-state index contributed by atoms with van der Waals surface area (Å²) in [7, 11) is 0. The number of halogens is 2. The van der Waals surface area contributed by atoms with Crippen molar-refractivity contribution in [3.05, 3.63) is 61.7 Å². The Morgan fingerprint density at radius 3 is 2.95 bits per heavy atom. The zero-order chi connectivity index (χ0) is 14.8. The molecule has 2 nitrogen and oxygen atoms in total. The van der Waals surface area contributed by atoms with E-state index in [2.05, 4.69) is 34.7 Å². The van der Waals surface area contributed by atoms with Crippen molar-refractivity contribution in [2.75, 3.05) is 6.61 Å². The molecule has 0 fully saturated rings. The van der Waals surface area contributed by atoms with Crippen LogP contribution in [-0.2, 0) is 12.8 Å². The fraction of sp³-hybridized carbons (Fsp3) is 0.294. The molecule has 110 valence electrons. The summed E-state index contributed by atoms with van der Waals surface area (Å²) in [5.41, 5.74) is 3.43. The topological polar surface area (TPSA) is 29.5 Å². The van der Waals surface area contributed by atoms with Gasteiger partial charge in [0.05, 0.1) is 12.7 Å². The van der Waals surface area contributed by atoms with E-state index in [1.54, 1.807) is 0 Å². The predicted octanol–water partition coefficient (Wildman–Crippen LogP) is 4.55. The molecule has 3 rings (SSSR count). The number of aliphatic hydroxyl groups is 1. The Kier molecular flexibility index (Phi) is 4.72. The van der Waals surface area contributed by atoms with E-state index < -0.39 is 6.10 Å². The summed E-state index contributed by atoms with van der Waals surface area (Å²) in [6.07, 6.45) is 2.03. The van der Waals surface area contributed by atoms with Crippen molar-refractivity contribution in [1.29, 1.82) is 0 Å². The van der Waals surface area contributed by atoms with Crippen LogP contribution in [0.15, 0.2) is 36.4 Å². The lowest BCUT2D eigenvalue weighted by atomic mass is 9.99. The number of ether oxygens (including phenoxy) is 1. The van der Waals surface area contributed by atoms with Crippen LogP contribution in [0, 0.1) is 3.57 Å². The van der Waals surface area contributed by atoms with Crippen LogP contribution in [0.4, 0.5) is 0 Å². The molecule has 1 unspecified atom stereocenters. The van der Waals surface area contributed by atoms with Crippen molar-refractivity contribution >= 4 is 34.2 Å². The van der Waals surface area contributed by atoms with Gasteiger partial charge in [0.1, 0.15) is 5.75 Å².